The van der Waals surface area contributed by atoms with Crippen LogP contribution in [0.5, 0.6) is 5.75 Å². The van der Waals surface area contributed by atoms with Crippen LogP contribution in [0, 0.1) is 0 Å². The summed E-state index contributed by atoms with van der Waals surface area (Å²) in [6.07, 6.45) is 4.86. The lowest BCUT2D eigenvalue weighted by atomic mass is 9.81. The van der Waals surface area contributed by atoms with Gasteiger partial charge >= 0.3 is 0 Å². The number of hydrogen-bond donors (Lipinski definition) is 1. The SMILES string of the molecule is CN(C(=O)c1ccccn1)C1CCC2(CC1)CNC(=O)c1ccccc1O2. The summed E-state index contributed by atoms with van der Waals surface area (Å²) in [5, 5.41) is 3.00. The predicted molar refractivity (Wildman–Crippen MR) is 101 cm³/mol. The van der Waals surface area contributed by atoms with Crippen molar-refractivity contribution in [3.8, 4) is 5.75 Å². The highest BCUT2D eigenvalue weighted by Gasteiger charge is 2.41. The van der Waals surface area contributed by atoms with E-state index in [4.69, 9.17) is 4.74 Å². The number of amides is 2. The number of aromatic nitrogens is 1. The number of fused-ring (bicyclic) bond motifs is 1. The van der Waals surface area contributed by atoms with E-state index in [9.17, 15) is 9.59 Å². The number of carbonyl (C=O) groups excluding carboxylic acids is 2. The lowest BCUT2D eigenvalue weighted by molar-refractivity contribution is 0.0102. The molecule has 1 aliphatic carbocycles. The van der Waals surface area contributed by atoms with E-state index in [1.54, 1.807) is 29.3 Å². The van der Waals surface area contributed by atoms with Crippen LogP contribution in [0.2, 0.25) is 0 Å². The van der Waals surface area contributed by atoms with Crippen molar-refractivity contribution < 1.29 is 14.3 Å². The Hall–Kier alpha value is -2.89. The van der Waals surface area contributed by atoms with Crippen LogP contribution in [0.3, 0.4) is 0 Å². The van der Waals surface area contributed by atoms with E-state index in [1.807, 2.05) is 31.3 Å². The minimum Gasteiger partial charge on any atom is -0.485 e. The molecule has 0 radical (unpaired) electrons. The number of pyridine rings is 1. The summed E-state index contributed by atoms with van der Waals surface area (Å²) in [5.41, 5.74) is 0.638. The topological polar surface area (TPSA) is 71.5 Å². The molecule has 4 rings (SSSR count). The maximum Gasteiger partial charge on any atom is 0.272 e. The monoisotopic (exact) mass is 365 g/mol. The fourth-order valence-electron chi connectivity index (χ4n) is 3.98. The average Bonchev–Trinajstić information content (AvgIpc) is 2.85. The van der Waals surface area contributed by atoms with Gasteiger partial charge in [-0.2, -0.15) is 0 Å². The van der Waals surface area contributed by atoms with E-state index in [-0.39, 0.29) is 17.9 Å². The number of rotatable bonds is 2. The zero-order chi connectivity index (χ0) is 18.9. The second-order valence-corrected chi connectivity index (χ2v) is 7.33. The average molecular weight is 365 g/mol. The van der Waals surface area contributed by atoms with Gasteiger partial charge in [0.05, 0.1) is 12.1 Å². The third-order valence-electron chi connectivity index (χ3n) is 5.65. The summed E-state index contributed by atoms with van der Waals surface area (Å²) in [6, 6.07) is 12.9. The van der Waals surface area contributed by atoms with Crippen molar-refractivity contribution in [2.24, 2.45) is 0 Å². The number of benzene rings is 1. The van der Waals surface area contributed by atoms with E-state index >= 15 is 0 Å². The minimum atomic E-state index is -0.409. The molecule has 1 saturated carbocycles. The molecule has 6 nitrogen and oxygen atoms in total. The lowest BCUT2D eigenvalue weighted by Crippen LogP contribution is -2.51. The van der Waals surface area contributed by atoms with Gasteiger partial charge in [0, 0.05) is 19.3 Å². The Morgan fingerprint density at radius 3 is 2.67 bits per heavy atom. The predicted octanol–water partition coefficient (Wildman–Crippen LogP) is 2.66. The third-order valence-corrected chi connectivity index (χ3v) is 5.65. The summed E-state index contributed by atoms with van der Waals surface area (Å²) in [5.74, 6) is 0.493. The van der Waals surface area contributed by atoms with Gasteiger partial charge in [0.15, 0.2) is 0 Å². The molecule has 27 heavy (non-hydrogen) atoms. The largest absolute Gasteiger partial charge is 0.485 e. The molecule has 1 aromatic carbocycles. The summed E-state index contributed by atoms with van der Waals surface area (Å²) in [6.45, 7) is 0.491. The Balaban J connectivity index is 1.46. The number of carbonyl (C=O) groups is 2. The Labute approximate surface area is 158 Å². The summed E-state index contributed by atoms with van der Waals surface area (Å²) >= 11 is 0. The van der Waals surface area contributed by atoms with Crippen LogP contribution in [0.4, 0.5) is 0 Å². The van der Waals surface area contributed by atoms with Gasteiger partial charge in [0.1, 0.15) is 17.0 Å². The van der Waals surface area contributed by atoms with Crippen molar-refractivity contribution in [3.05, 3.63) is 59.9 Å². The standard InChI is InChI=1S/C21H23N3O3/c1-24(20(26)17-7-4-5-13-22-17)15-9-11-21(12-10-15)14-23-19(25)16-6-2-3-8-18(16)27-21/h2-8,13,15H,9-12,14H2,1H3,(H,23,25). The van der Waals surface area contributed by atoms with E-state index in [2.05, 4.69) is 10.3 Å². The molecule has 1 aromatic heterocycles. The van der Waals surface area contributed by atoms with Crippen LogP contribution in [0.15, 0.2) is 48.7 Å². The number of nitrogens with zero attached hydrogens (tertiary/aromatic N) is 2. The molecule has 1 fully saturated rings. The Morgan fingerprint density at radius 2 is 1.93 bits per heavy atom. The first-order valence-electron chi connectivity index (χ1n) is 9.32. The highest BCUT2D eigenvalue weighted by atomic mass is 16.5. The molecule has 2 aliphatic rings. The van der Waals surface area contributed by atoms with Gasteiger partial charge < -0.3 is 15.0 Å². The molecule has 0 saturated heterocycles. The van der Waals surface area contributed by atoms with E-state index in [1.165, 1.54) is 0 Å². The molecule has 2 aromatic rings. The van der Waals surface area contributed by atoms with Crippen molar-refractivity contribution in [3.63, 3.8) is 0 Å². The van der Waals surface area contributed by atoms with Crippen LogP contribution in [0.25, 0.3) is 0 Å². The Bertz CT molecular complexity index is 845. The molecule has 0 unspecified atom stereocenters. The molecular formula is C21H23N3O3. The zero-order valence-corrected chi connectivity index (χ0v) is 15.4. The first-order valence-corrected chi connectivity index (χ1v) is 9.32. The first-order chi connectivity index (χ1) is 13.1. The Morgan fingerprint density at radius 1 is 1.19 bits per heavy atom. The van der Waals surface area contributed by atoms with Crippen molar-refractivity contribution in [1.82, 2.24) is 15.2 Å². The van der Waals surface area contributed by atoms with E-state index in [0.717, 1.165) is 25.7 Å². The molecule has 1 aliphatic heterocycles. The minimum absolute atomic E-state index is 0.0583. The van der Waals surface area contributed by atoms with Crippen LogP contribution >= 0.6 is 0 Å². The van der Waals surface area contributed by atoms with Gasteiger partial charge in [-0.1, -0.05) is 18.2 Å². The first kappa shape index (κ1) is 17.5. The van der Waals surface area contributed by atoms with E-state index in [0.29, 0.717) is 23.6 Å². The van der Waals surface area contributed by atoms with Crippen molar-refractivity contribution >= 4 is 11.8 Å². The van der Waals surface area contributed by atoms with E-state index < -0.39 is 5.60 Å². The highest BCUT2D eigenvalue weighted by Crippen LogP contribution is 2.37. The summed E-state index contributed by atoms with van der Waals surface area (Å²) < 4.78 is 6.33. The smallest absolute Gasteiger partial charge is 0.272 e. The van der Waals surface area contributed by atoms with Crippen LogP contribution < -0.4 is 10.1 Å². The van der Waals surface area contributed by atoms with Crippen LogP contribution in [-0.2, 0) is 0 Å². The molecular weight excluding hydrogens is 342 g/mol. The zero-order valence-electron chi connectivity index (χ0n) is 15.4. The molecule has 140 valence electrons. The van der Waals surface area contributed by atoms with Gasteiger partial charge in [-0.15, -0.1) is 0 Å². The number of nitrogens with one attached hydrogen (secondary N) is 1. The van der Waals surface area contributed by atoms with Gasteiger partial charge in [-0.3, -0.25) is 14.6 Å². The maximum absolute atomic E-state index is 12.6. The number of para-hydroxylation sites is 1. The Kier molecular flexibility index (Phi) is 4.56. The third kappa shape index (κ3) is 3.39. The van der Waals surface area contributed by atoms with Gasteiger partial charge in [0.25, 0.3) is 11.8 Å². The fourth-order valence-corrected chi connectivity index (χ4v) is 3.98. The normalized spacial score (nSPS) is 24.3. The molecule has 1 N–H and O–H groups in total. The molecule has 0 atom stereocenters. The quantitative estimate of drug-likeness (QED) is 0.888. The van der Waals surface area contributed by atoms with Crippen molar-refractivity contribution in [1.29, 1.82) is 0 Å². The highest BCUT2D eigenvalue weighted by molar-refractivity contribution is 5.97. The van der Waals surface area contributed by atoms with Gasteiger partial charge in [0.2, 0.25) is 0 Å². The summed E-state index contributed by atoms with van der Waals surface area (Å²) in [4.78, 5) is 30.9. The molecule has 1 spiro atoms. The number of hydrogen-bond acceptors (Lipinski definition) is 4. The molecule has 2 heterocycles. The fraction of sp³-hybridized carbons (Fsp3) is 0.381. The van der Waals surface area contributed by atoms with Crippen molar-refractivity contribution in [2.75, 3.05) is 13.6 Å². The maximum atomic E-state index is 12.6. The van der Waals surface area contributed by atoms with Crippen LogP contribution in [-0.4, -0.2) is 46.9 Å². The van der Waals surface area contributed by atoms with Crippen LogP contribution in [0.1, 0.15) is 46.5 Å². The molecule has 6 heteroatoms. The van der Waals surface area contributed by atoms with Gasteiger partial charge in [-0.05, 0) is 49.9 Å². The van der Waals surface area contributed by atoms with Gasteiger partial charge in [-0.25, -0.2) is 0 Å². The second-order valence-electron chi connectivity index (χ2n) is 7.33. The summed E-state index contributed by atoms with van der Waals surface area (Å²) in [7, 11) is 1.84. The second kappa shape index (κ2) is 7.02. The number of ether oxygens (including phenoxy) is 1. The lowest BCUT2D eigenvalue weighted by Gasteiger charge is -2.42. The molecule has 2 amide bonds. The van der Waals surface area contributed by atoms with Crippen molar-refractivity contribution in [2.45, 2.75) is 37.3 Å². The molecule has 0 bridgehead atoms.